The maximum Gasteiger partial charge on any atom is 0.324 e. The molecule has 0 bridgehead atoms. The van der Waals surface area contributed by atoms with Crippen LogP contribution in [0.15, 0.2) is 54.6 Å². The molecule has 1 aliphatic carbocycles. The van der Waals surface area contributed by atoms with Crippen LogP contribution in [0.25, 0.3) is 0 Å². The highest BCUT2D eigenvalue weighted by Gasteiger charge is 2.51. The predicted molar refractivity (Wildman–Crippen MR) is 115 cm³/mol. The minimum Gasteiger partial charge on any atom is -0.365 e. The summed E-state index contributed by atoms with van der Waals surface area (Å²) in [7, 11) is 2.18. The van der Waals surface area contributed by atoms with Crippen molar-refractivity contribution in [1.29, 1.82) is 0 Å². The predicted octanol–water partition coefficient (Wildman–Crippen LogP) is 4.21. The molecule has 1 saturated carbocycles. The minimum absolute atomic E-state index is 0.146. The van der Waals surface area contributed by atoms with Gasteiger partial charge in [0.25, 0.3) is 0 Å². The first kappa shape index (κ1) is 19.5. The summed E-state index contributed by atoms with van der Waals surface area (Å²) >= 11 is 0. The molecule has 1 saturated heterocycles. The van der Waals surface area contributed by atoms with Gasteiger partial charge in [0.1, 0.15) is 0 Å². The molecule has 0 unspecified atom stereocenters. The number of rotatable bonds is 3. The molecule has 5 heteroatoms. The van der Waals surface area contributed by atoms with Gasteiger partial charge in [0, 0.05) is 19.7 Å². The Kier molecular flexibility index (Phi) is 4.85. The van der Waals surface area contributed by atoms with Crippen molar-refractivity contribution in [2.75, 3.05) is 18.5 Å². The summed E-state index contributed by atoms with van der Waals surface area (Å²) in [4.78, 5) is 27.9. The molecule has 2 aromatic carbocycles. The molecule has 1 N–H and O–H groups in total. The fraction of sp³-hybridized carbons (Fsp3) is 0.417. The molecule has 0 atom stereocenters. The second-order valence-corrected chi connectivity index (χ2v) is 8.56. The van der Waals surface area contributed by atoms with Crippen LogP contribution in [0.4, 0.5) is 10.5 Å². The lowest BCUT2D eigenvalue weighted by molar-refractivity contribution is -0.125. The van der Waals surface area contributed by atoms with Gasteiger partial charge in [-0.1, -0.05) is 48.5 Å². The monoisotopic (exact) mass is 391 g/mol. The molecule has 29 heavy (non-hydrogen) atoms. The zero-order chi connectivity index (χ0) is 20.6. The van der Waals surface area contributed by atoms with E-state index in [2.05, 4.69) is 78.8 Å². The van der Waals surface area contributed by atoms with Crippen molar-refractivity contribution in [3.63, 3.8) is 0 Å². The van der Waals surface area contributed by atoms with Crippen LogP contribution < -0.4 is 10.2 Å². The van der Waals surface area contributed by atoms with Crippen molar-refractivity contribution in [3.05, 3.63) is 65.7 Å². The second-order valence-electron chi connectivity index (χ2n) is 8.56. The molecular formula is C24H29N3O2. The summed E-state index contributed by atoms with van der Waals surface area (Å²) in [6.45, 7) is 4.08. The molecule has 4 rings (SSSR count). The van der Waals surface area contributed by atoms with Crippen molar-refractivity contribution in [2.45, 2.75) is 50.6 Å². The number of imide groups is 1. The number of benzene rings is 2. The van der Waals surface area contributed by atoms with Crippen LogP contribution >= 0.6 is 0 Å². The van der Waals surface area contributed by atoms with Crippen molar-refractivity contribution in [2.24, 2.45) is 0 Å². The number of nitrogens with zero attached hydrogens (tertiary/aromatic N) is 2. The number of nitrogens with one attached hydrogen (secondary N) is 1. The van der Waals surface area contributed by atoms with Gasteiger partial charge in [-0.2, -0.15) is 0 Å². The Morgan fingerprint density at radius 1 is 1.00 bits per heavy atom. The molecular weight excluding hydrogens is 362 g/mol. The van der Waals surface area contributed by atoms with Gasteiger partial charge in [-0.25, -0.2) is 4.79 Å². The lowest BCUT2D eigenvalue weighted by Gasteiger charge is -2.51. The van der Waals surface area contributed by atoms with Crippen LogP contribution in [0.3, 0.4) is 0 Å². The summed E-state index contributed by atoms with van der Waals surface area (Å²) in [6, 6.07) is 18.9. The summed E-state index contributed by atoms with van der Waals surface area (Å²) in [5.74, 6) is -0.184. The third-order valence-corrected chi connectivity index (χ3v) is 6.92. The lowest BCUT2D eigenvalue weighted by Crippen LogP contribution is -2.55. The number of aryl methyl sites for hydroxylation is 1. The van der Waals surface area contributed by atoms with Crippen LogP contribution in [0.2, 0.25) is 0 Å². The Hall–Kier alpha value is -2.82. The van der Waals surface area contributed by atoms with E-state index in [1.165, 1.54) is 28.6 Å². The fourth-order valence-corrected chi connectivity index (χ4v) is 5.12. The zero-order valence-electron chi connectivity index (χ0n) is 17.4. The third-order valence-electron chi connectivity index (χ3n) is 6.92. The van der Waals surface area contributed by atoms with E-state index in [-0.39, 0.29) is 23.0 Å². The number of carbonyl (C=O) groups is 2. The molecule has 1 spiro atoms. The van der Waals surface area contributed by atoms with Gasteiger partial charge in [-0.05, 0) is 49.8 Å². The molecule has 5 nitrogen and oxygen atoms in total. The minimum atomic E-state index is -0.312. The van der Waals surface area contributed by atoms with Crippen LogP contribution in [-0.2, 0) is 10.3 Å². The van der Waals surface area contributed by atoms with Gasteiger partial charge in [-0.3, -0.25) is 9.69 Å². The van der Waals surface area contributed by atoms with Gasteiger partial charge in [0.2, 0.25) is 5.91 Å². The highest BCUT2D eigenvalue weighted by Crippen LogP contribution is 2.48. The maximum absolute atomic E-state index is 12.3. The number of hydrogen-bond donors (Lipinski definition) is 1. The van der Waals surface area contributed by atoms with Crippen molar-refractivity contribution < 1.29 is 9.59 Å². The third kappa shape index (κ3) is 3.28. The van der Waals surface area contributed by atoms with Crippen molar-refractivity contribution in [1.82, 2.24) is 10.2 Å². The molecule has 3 amide bonds. The molecule has 2 aromatic rings. The molecule has 0 radical (unpaired) electrons. The van der Waals surface area contributed by atoms with E-state index in [1.807, 2.05) is 0 Å². The average molecular weight is 392 g/mol. The van der Waals surface area contributed by atoms with Gasteiger partial charge >= 0.3 is 6.03 Å². The first-order valence-electron chi connectivity index (χ1n) is 10.3. The Labute approximate surface area is 172 Å². The topological polar surface area (TPSA) is 52.7 Å². The number of hydrogen-bond acceptors (Lipinski definition) is 3. The fourth-order valence-electron chi connectivity index (χ4n) is 5.12. The Balaban J connectivity index is 1.67. The van der Waals surface area contributed by atoms with Crippen molar-refractivity contribution in [3.8, 4) is 0 Å². The van der Waals surface area contributed by atoms with Crippen LogP contribution in [0, 0.1) is 6.92 Å². The van der Waals surface area contributed by atoms with E-state index in [4.69, 9.17) is 0 Å². The largest absolute Gasteiger partial charge is 0.365 e. The lowest BCUT2D eigenvalue weighted by atomic mass is 9.68. The Bertz CT molecular complexity index is 917. The summed E-state index contributed by atoms with van der Waals surface area (Å²) in [5, 5.41) is 3.13. The first-order valence-corrected chi connectivity index (χ1v) is 10.3. The summed E-state index contributed by atoms with van der Waals surface area (Å²) in [5.41, 5.74) is 3.32. The summed E-state index contributed by atoms with van der Waals surface area (Å²) in [6.07, 6.45) is 3.50. The van der Waals surface area contributed by atoms with E-state index in [1.54, 1.807) is 0 Å². The van der Waals surface area contributed by atoms with E-state index < -0.39 is 0 Å². The quantitative estimate of drug-likeness (QED) is 0.853. The van der Waals surface area contributed by atoms with Crippen LogP contribution in [0.1, 0.15) is 43.7 Å². The number of urea groups is 1. The molecule has 152 valence electrons. The smallest absolute Gasteiger partial charge is 0.324 e. The molecule has 1 heterocycles. The number of amides is 3. The van der Waals surface area contributed by atoms with Gasteiger partial charge in [0.05, 0.1) is 17.6 Å². The standard InChI is InChI=1S/C24H29N3O2/c1-18-9-7-8-12-21(18)26(3)24(20-10-5-4-6-11-20)15-13-23(14-16-24)17-27(19(2)28)22(29)25-23/h4-12H,13-17H2,1-3H3,(H,25,29)/t23-,24-. The van der Waals surface area contributed by atoms with E-state index in [0.717, 1.165) is 25.7 Å². The van der Waals surface area contributed by atoms with Crippen molar-refractivity contribution >= 4 is 17.6 Å². The van der Waals surface area contributed by atoms with E-state index >= 15 is 0 Å². The highest BCUT2D eigenvalue weighted by atomic mass is 16.2. The normalized spacial score (nSPS) is 26.4. The zero-order valence-corrected chi connectivity index (χ0v) is 17.4. The van der Waals surface area contributed by atoms with Gasteiger partial charge in [-0.15, -0.1) is 0 Å². The molecule has 2 aliphatic rings. The Morgan fingerprint density at radius 2 is 1.62 bits per heavy atom. The first-order chi connectivity index (χ1) is 13.9. The SMILES string of the molecule is CC(=O)N1C[C@]2(CC[C@@](c3ccccc3)(N(C)c3ccccc3C)CC2)NC1=O. The average Bonchev–Trinajstić information content (AvgIpc) is 3.06. The van der Waals surface area contributed by atoms with E-state index in [9.17, 15) is 9.59 Å². The summed E-state index contributed by atoms with van der Waals surface area (Å²) < 4.78 is 0. The Morgan fingerprint density at radius 3 is 2.21 bits per heavy atom. The maximum atomic E-state index is 12.3. The molecule has 1 aliphatic heterocycles. The molecule has 0 aromatic heterocycles. The van der Waals surface area contributed by atoms with Crippen LogP contribution in [-0.4, -0.2) is 36.0 Å². The van der Waals surface area contributed by atoms with Crippen LogP contribution in [0.5, 0.6) is 0 Å². The number of anilines is 1. The molecule has 2 fully saturated rings. The van der Waals surface area contributed by atoms with Gasteiger partial charge in [0.15, 0.2) is 0 Å². The number of para-hydroxylation sites is 1. The van der Waals surface area contributed by atoms with Gasteiger partial charge < -0.3 is 10.2 Å². The number of carbonyl (C=O) groups excluding carboxylic acids is 2. The highest BCUT2D eigenvalue weighted by molar-refractivity contribution is 5.95. The van der Waals surface area contributed by atoms with E-state index in [0.29, 0.717) is 6.54 Å². The second kappa shape index (κ2) is 7.21.